The van der Waals surface area contributed by atoms with E-state index in [1.807, 2.05) is 4.90 Å². The highest BCUT2D eigenvalue weighted by molar-refractivity contribution is 5.86. The van der Waals surface area contributed by atoms with Crippen LogP contribution in [0.2, 0.25) is 0 Å². The van der Waals surface area contributed by atoms with E-state index < -0.39 is 0 Å². The summed E-state index contributed by atoms with van der Waals surface area (Å²) < 4.78 is 5.36. The fourth-order valence-electron chi connectivity index (χ4n) is 5.36. The molecule has 1 atom stereocenters. The van der Waals surface area contributed by atoms with Gasteiger partial charge in [-0.05, 0) is 32.1 Å². The van der Waals surface area contributed by atoms with Gasteiger partial charge in [0.15, 0.2) is 0 Å². The first-order valence-corrected chi connectivity index (χ1v) is 10.6. The number of amides is 2. The van der Waals surface area contributed by atoms with Gasteiger partial charge in [0.1, 0.15) is 0 Å². The van der Waals surface area contributed by atoms with Crippen molar-refractivity contribution in [3.63, 3.8) is 0 Å². The summed E-state index contributed by atoms with van der Waals surface area (Å²) in [6, 6.07) is 0.450. The van der Waals surface area contributed by atoms with Crippen molar-refractivity contribution >= 4 is 11.8 Å². The number of ether oxygens (including phenoxy) is 1. The van der Waals surface area contributed by atoms with Crippen molar-refractivity contribution in [3.8, 4) is 0 Å². The van der Waals surface area contributed by atoms with Crippen LogP contribution in [0.1, 0.15) is 51.4 Å². The Balaban J connectivity index is 1.37. The Hall–Kier alpha value is -1.14. The smallest absolute Gasteiger partial charge is 0.236 e. The lowest BCUT2D eigenvalue weighted by Gasteiger charge is -2.44. The van der Waals surface area contributed by atoms with Crippen molar-refractivity contribution in [3.05, 3.63) is 0 Å². The van der Waals surface area contributed by atoms with Gasteiger partial charge in [0.25, 0.3) is 0 Å². The van der Waals surface area contributed by atoms with Gasteiger partial charge in [0.2, 0.25) is 11.8 Å². The summed E-state index contributed by atoms with van der Waals surface area (Å²) in [5, 5.41) is 0. The van der Waals surface area contributed by atoms with E-state index in [0.717, 1.165) is 45.4 Å². The number of carbonyl (C=O) groups is 2. The minimum atomic E-state index is -0.295. The largest absolute Gasteiger partial charge is 0.379 e. The number of piperidine rings is 1. The van der Waals surface area contributed by atoms with Crippen LogP contribution in [0, 0.1) is 5.41 Å². The SMILES string of the molecule is O=C(CN1CCOCC1)N1CC[C@]2(CCCN(C3CCCCC3)C2=O)C1. The van der Waals surface area contributed by atoms with Gasteiger partial charge in [-0.3, -0.25) is 14.5 Å². The third-order valence-electron chi connectivity index (χ3n) is 6.95. The third kappa shape index (κ3) is 3.63. The molecule has 1 aliphatic carbocycles. The summed E-state index contributed by atoms with van der Waals surface area (Å²) in [5.74, 6) is 0.531. The average molecular weight is 364 g/mol. The van der Waals surface area contributed by atoms with Gasteiger partial charge in [-0.15, -0.1) is 0 Å². The van der Waals surface area contributed by atoms with Gasteiger partial charge < -0.3 is 14.5 Å². The molecule has 0 unspecified atom stereocenters. The predicted molar refractivity (Wildman–Crippen MR) is 98.7 cm³/mol. The molecule has 2 amide bonds. The molecule has 1 spiro atoms. The Kier molecular flexibility index (Phi) is 5.50. The average Bonchev–Trinajstić information content (AvgIpc) is 3.11. The zero-order chi connectivity index (χ0) is 18.0. The standard InChI is InChI=1S/C20H33N3O3/c24-18(15-21-11-13-26-14-12-21)22-10-8-20(16-22)7-4-9-23(19(20)25)17-5-2-1-3-6-17/h17H,1-16H2/t20-/m1/s1. The minimum Gasteiger partial charge on any atom is -0.379 e. The zero-order valence-corrected chi connectivity index (χ0v) is 16.0. The quantitative estimate of drug-likeness (QED) is 0.762. The van der Waals surface area contributed by atoms with Crippen LogP contribution < -0.4 is 0 Å². The van der Waals surface area contributed by atoms with Crippen molar-refractivity contribution in [2.75, 3.05) is 52.5 Å². The maximum absolute atomic E-state index is 13.4. The Labute approximate surface area is 156 Å². The molecule has 146 valence electrons. The molecule has 4 aliphatic rings. The van der Waals surface area contributed by atoms with E-state index in [-0.39, 0.29) is 11.3 Å². The molecule has 3 heterocycles. The molecule has 0 radical (unpaired) electrons. The van der Waals surface area contributed by atoms with Gasteiger partial charge >= 0.3 is 0 Å². The number of likely N-dealkylation sites (tertiary alicyclic amines) is 2. The minimum absolute atomic E-state index is 0.186. The van der Waals surface area contributed by atoms with E-state index in [2.05, 4.69) is 9.80 Å². The van der Waals surface area contributed by atoms with Gasteiger partial charge in [0, 0.05) is 38.8 Å². The fraction of sp³-hybridized carbons (Fsp3) is 0.900. The molecular formula is C20H33N3O3. The number of carbonyl (C=O) groups excluding carboxylic acids is 2. The molecule has 0 aromatic rings. The van der Waals surface area contributed by atoms with Crippen molar-refractivity contribution in [2.24, 2.45) is 5.41 Å². The highest BCUT2D eigenvalue weighted by atomic mass is 16.5. The summed E-state index contributed by atoms with van der Waals surface area (Å²) in [5.41, 5.74) is -0.295. The Morgan fingerprint density at radius 3 is 2.54 bits per heavy atom. The van der Waals surface area contributed by atoms with Crippen LogP contribution in [-0.4, -0.2) is 85.0 Å². The molecule has 1 saturated carbocycles. The van der Waals surface area contributed by atoms with Gasteiger partial charge in [-0.25, -0.2) is 0 Å². The maximum Gasteiger partial charge on any atom is 0.236 e. The normalized spacial score (nSPS) is 31.8. The summed E-state index contributed by atoms with van der Waals surface area (Å²) in [4.78, 5) is 32.4. The molecule has 0 aromatic carbocycles. The first kappa shape index (κ1) is 18.2. The second-order valence-electron chi connectivity index (χ2n) is 8.63. The topological polar surface area (TPSA) is 53.1 Å². The monoisotopic (exact) mass is 363 g/mol. The van der Waals surface area contributed by atoms with Crippen molar-refractivity contribution < 1.29 is 14.3 Å². The third-order valence-corrected chi connectivity index (χ3v) is 6.95. The fourth-order valence-corrected chi connectivity index (χ4v) is 5.36. The van der Waals surface area contributed by atoms with Crippen LogP contribution in [-0.2, 0) is 14.3 Å². The van der Waals surface area contributed by atoms with E-state index in [1.165, 1.54) is 32.1 Å². The Morgan fingerprint density at radius 2 is 1.77 bits per heavy atom. The van der Waals surface area contributed by atoms with E-state index in [4.69, 9.17) is 4.74 Å². The van der Waals surface area contributed by atoms with Gasteiger partial charge in [0.05, 0.1) is 25.2 Å². The summed E-state index contributed by atoms with van der Waals surface area (Å²) in [6.45, 7) is 5.87. The highest BCUT2D eigenvalue weighted by Gasteiger charge is 2.50. The number of rotatable bonds is 3. The molecule has 6 nitrogen and oxygen atoms in total. The van der Waals surface area contributed by atoms with Crippen molar-refractivity contribution in [2.45, 2.75) is 57.4 Å². The number of hydrogen-bond acceptors (Lipinski definition) is 4. The summed E-state index contributed by atoms with van der Waals surface area (Å²) in [6.07, 6.45) is 9.06. The molecule has 26 heavy (non-hydrogen) atoms. The Bertz CT molecular complexity index is 528. The second kappa shape index (κ2) is 7.85. The van der Waals surface area contributed by atoms with Crippen LogP contribution in [0.3, 0.4) is 0 Å². The first-order chi connectivity index (χ1) is 12.7. The molecular weight excluding hydrogens is 330 g/mol. The second-order valence-corrected chi connectivity index (χ2v) is 8.63. The lowest BCUT2D eigenvalue weighted by atomic mass is 9.77. The molecule has 0 aromatic heterocycles. The first-order valence-electron chi connectivity index (χ1n) is 10.6. The Morgan fingerprint density at radius 1 is 1.00 bits per heavy atom. The predicted octanol–water partition coefficient (Wildman–Crippen LogP) is 1.49. The van der Waals surface area contributed by atoms with Crippen LogP contribution in [0.4, 0.5) is 0 Å². The van der Waals surface area contributed by atoms with E-state index in [1.54, 1.807) is 0 Å². The van der Waals surface area contributed by atoms with Crippen molar-refractivity contribution in [1.29, 1.82) is 0 Å². The van der Waals surface area contributed by atoms with Crippen molar-refractivity contribution in [1.82, 2.24) is 14.7 Å². The molecule has 0 N–H and O–H groups in total. The van der Waals surface area contributed by atoms with Crippen LogP contribution in [0.15, 0.2) is 0 Å². The molecule has 6 heteroatoms. The van der Waals surface area contributed by atoms with E-state index in [9.17, 15) is 9.59 Å². The molecule has 4 fully saturated rings. The highest BCUT2D eigenvalue weighted by Crippen LogP contribution is 2.42. The lowest BCUT2D eigenvalue weighted by Crippen LogP contribution is -2.54. The number of nitrogens with zero attached hydrogens (tertiary/aromatic N) is 3. The van der Waals surface area contributed by atoms with Gasteiger partial charge in [-0.1, -0.05) is 19.3 Å². The number of hydrogen-bond donors (Lipinski definition) is 0. The van der Waals surface area contributed by atoms with Gasteiger partial charge in [-0.2, -0.15) is 0 Å². The molecule has 0 bridgehead atoms. The summed E-state index contributed by atoms with van der Waals surface area (Å²) >= 11 is 0. The van der Waals surface area contributed by atoms with Crippen LogP contribution in [0.25, 0.3) is 0 Å². The molecule has 4 rings (SSSR count). The zero-order valence-electron chi connectivity index (χ0n) is 16.0. The van der Waals surface area contributed by atoms with E-state index in [0.29, 0.717) is 38.3 Å². The van der Waals surface area contributed by atoms with E-state index >= 15 is 0 Å². The summed E-state index contributed by atoms with van der Waals surface area (Å²) in [7, 11) is 0. The maximum atomic E-state index is 13.4. The molecule has 3 saturated heterocycles. The molecule has 3 aliphatic heterocycles. The number of morpholine rings is 1. The van der Waals surface area contributed by atoms with Crippen LogP contribution in [0.5, 0.6) is 0 Å². The lowest BCUT2D eigenvalue weighted by molar-refractivity contribution is -0.149. The van der Waals surface area contributed by atoms with Crippen LogP contribution >= 0.6 is 0 Å².